The molecule has 152 valence electrons. The summed E-state index contributed by atoms with van der Waals surface area (Å²) in [5.41, 5.74) is 0.834. The first kappa shape index (κ1) is 20.3. The van der Waals surface area contributed by atoms with E-state index < -0.39 is 29.4 Å². The predicted octanol–water partition coefficient (Wildman–Crippen LogP) is 4.71. The number of benzene rings is 2. The molecule has 0 aliphatic heterocycles. The van der Waals surface area contributed by atoms with Crippen molar-refractivity contribution in [2.24, 2.45) is 0 Å². The van der Waals surface area contributed by atoms with Crippen LogP contribution in [0.2, 0.25) is 5.02 Å². The third-order valence-electron chi connectivity index (χ3n) is 4.92. The highest BCUT2D eigenvalue weighted by Crippen LogP contribution is 2.35. The fourth-order valence-corrected chi connectivity index (χ4v) is 4.57. The number of aromatic nitrogens is 2. The lowest BCUT2D eigenvalue weighted by atomic mass is 10.0. The van der Waals surface area contributed by atoms with Crippen molar-refractivity contribution in [3.8, 4) is 11.1 Å². The fourth-order valence-electron chi connectivity index (χ4n) is 3.39. The van der Waals surface area contributed by atoms with Gasteiger partial charge in [0.05, 0.1) is 11.9 Å². The van der Waals surface area contributed by atoms with Crippen molar-refractivity contribution in [1.29, 1.82) is 0 Å². The van der Waals surface area contributed by atoms with Crippen molar-refractivity contribution in [1.82, 2.24) is 9.55 Å². The van der Waals surface area contributed by atoms with Crippen LogP contribution in [-0.2, 0) is 6.54 Å². The number of carbonyl (C=O) groups is 1. The van der Waals surface area contributed by atoms with Crippen LogP contribution in [0.1, 0.15) is 20.8 Å². The van der Waals surface area contributed by atoms with Gasteiger partial charge in [0.25, 0.3) is 5.56 Å². The number of nitrogens with zero attached hydrogens (tertiary/aromatic N) is 1. The first-order chi connectivity index (χ1) is 14.3. The van der Waals surface area contributed by atoms with Gasteiger partial charge in [0.15, 0.2) is 5.78 Å². The number of rotatable bonds is 4. The van der Waals surface area contributed by atoms with Crippen molar-refractivity contribution in [3.63, 3.8) is 0 Å². The average molecular weight is 443 g/mol. The zero-order valence-electron chi connectivity index (χ0n) is 16.1. The maximum Gasteiger partial charge on any atom is 0.329 e. The van der Waals surface area contributed by atoms with E-state index in [0.717, 1.165) is 15.0 Å². The van der Waals surface area contributed by atoms with Crippen LogP contribution in [0.15, 0.2) is 52.1 Å². The number of hydrogen-bond donors (Lipinski definition) is 1. The molecule has 5 nitrogen and oxygen atoms in total. The monoisotopic (exact) mass is 442 g/mol. The molecule has 4 rings (SSSR count). The van der Waals surface area contributed by atoms with Crippen LogP contribution in [0.5, 0.6) is 0 Å². The summed E-state index contributed by atoms with van der Waals surface area (Å²) < 4.78 is 14.4. The Hall–Kier alpha value is -3.03. The Morgan fingerprint density at radius 3 is 2.50 bits per heavy atom. The summed E-state index contributed by atoms with van der Waals surface area (Å²) in [4.78, 5) is 42.4. The number of thiophene rings is 1. The Morgan fingerprint density at radius 2 is 1.83 bits per heavy atom. The molecule has 0 saturated carbocycles. The summed E-state index contributed by atoms with van der Waals surface area (Å²) >= 11 is 7.28. The molecular formula is C22H16ClFN2O3S. The third kappa shape index (κ3) is 3.51. The summed E-state index contributed by atoms with van der Waals surface area (Å²) in [6.45, 7) is 2.97. The number of ketones is 1. The molecule has 30 heavy (non-hydrogen) atoms. The highest BCUT2D eigenvalue weighted by atomic mass is 35.5. The lowest BCUT2D eigenvalue weighted by molar-refractivity contribution is 0.0969. The van der Waals surface area contributed by atoms with Gasteiger partial charge >= 0.3 is 5.69 Å². The summed E-state index contributed by atoms with van der Waals surface area (Å²) in [7, 11) is 0. The molecule has 2 heterocycles. The molecule has 0 radical (unpaired) electrons. The van der Waals surface area contributed by atoms with Crippen LogP contribution in [0, 0.1) is 19.7 Å². The number of halogens is 2. The van der Waals surface area contributed by atoms with E-state index in [4.69, 9.17) is 11.6 Å². The molecule has 4 aromatic rings. The summed E-state index contributed by atoms with van der Waals surface area (Å²) in [6.07, 6.45) is 0. The Balaban J connectivity index is 1.85. The highest BCUT2D eigenvalue weighted by Gasteiger charge is 2.20. The third-order valence-corrected chi connectivity index (χ3v) is 6.20. The number of aromatic amines is 1. The van der Waals surface area contributed by atoms with E-state index in [1.54, 1.807) is 31.2 Å². The highest BCUT2D eigenvalue weighted by molar-refractivity contribution is 7.19. The predicted molar refractivity (Wildman–Crippen MR) is 117 cm³/mol. The lowest BCUT2D eigenvalue weighted by Gasteiger charge is -2.07. The van der Waals surface area contributed by atoms with Gasteiger partial charge in [0, 0.05) is 21.0 Å². The van der Waals surface area contributed by atoms with Gasteiger partial charge in [-0.15, -0.1) is 11.3 Å². The summed E-state index contributed by atoms with van der Waals surface area (Å²) in [5.74, 6) is -0.880. The number of nitrogens with one attached hydrogen (secondary N) is 1. The Labute approximate surface area is 179 Å². The molecule has 0 aliphatic rings. The maximum atomic E-state index is 13.5. The lowest BCUT2D eigenvalue weighted by Crippen LogP contribution is -2.37. The normalized spacial score (nSPS) is 11.2. The van der Waals surface area contributed by atoms with E-state index in [2.05, 4.69) is 4.98 Å². The van der Waals surface area contributed by atoms with Crippen LogP contribution < -0.4 is 11.2 Å². The molecule has 0 bridgehead atoms. The van der Waals surface area contributed by atoms with Crippen LogP contribution in [-0.4, -0.2) is 15.3 Å². The minimum Gasteiger partial charge on any atom is -0.298 e. The molecule has 2 aromatic heterocycles. The quantitative estimate of drug-likeness (QED) is 0.465. The zero-order chi connectivity index (χ0) is 21.6. The minimum atomic E-state index is -0.663. The SMILES string of the molecule is Cc1cc(C(=O)Cn2c(=O)[nH]c3sc(C)c(-c4ccc(Cl)cc4)c3c2=O)ccc1F. The number of hydrogen-bond acceptors (Lipinski definition) is 4. The van der Waals surface area contributed by atoms with Gasteiger partial charge < -0.3 is 0 Å². The molecule has 0 saturated heterocycles. The van der Waals surface area contributed by atoms with E-state index in [-0.39, 0.29) is 5.56 Å². The minimum absolute atomic E-state index is 0.236. The van der Waals surface area contributed by atoms with Gasteiger partial charge in [-0.1, -0.05) is 23.7 Å². The van der Waals surface area contributed by atoms with E-state index in [0.29, 0.717) is 26.4 Å². The molecular weight excluding hydrogens is 427 g/mol. The van der Waals surface area contributed by atoms with Crippen LogP contribution >= 0.6 is 22.9 Å². The second-order valence-electron chi connectivity index (χ2n) is 6.95. The fraction of sp³-hybridized carbons (Fsp3) is 0.136. The Bertz CT molecular complexity index is 1420. The topological polar surface area (TPSA) is 71.9 Å². The van der Waals surface area contributed by atoms with Crippen LogP contribution in [0.4, 0.5) is 4.39 Å². The van der Waals surface area contributed by atoms with Crippen molar-refractivity contribution in [3.05, 3.63) is 90.1 Å². The van der Waals surface area contributed by atoms with E-state index in [1.165, 1.54) is 29.5 Å². The van der Waals surface area contributed by atoms with Crippen molar-refractivity contribution in [2.45, 2.75) is 20.4 Å². The first-order valence-electron chi connectivity index (χ1n) is 9.07. The van der Waals surface area contributed by atoms with Crippen LogP contribution in [0.3, 0.4) is 0 Å². The Kier molecular flexibility index (Phi) is 5.17. The number of fused-ring (bicyclic) bond motifs is 1. The standard InChI is InChI=1S/C22H16ClFN2O3S/c1-11-9-14(5-8-16(11)24)17(27)10-26-21(28)19-18(13-3-6-15(23)7-4-13)12(2)30-20(19)25-22(26)29/h3-9H,10H2,1-2H3,(H,25,29). The molecule has 0 spiro atoms. The number of aryl methyl sites for hydroxylation is 2. The molecule has 8 heteroatoms. The first-order valence-corrected chi connectivity index (χ1v) is 10.3. The average Bonchev–Trinajstić information content (AvgIpc) is 3.03. The largest absolute Gasteiger partial charge is 0.329 e. The Morgan fingerprint density at radius 1 is 1.13 bits per heavy atom. The van der Waals surface area contributed by atoms with Crippen LogP contribution in [0.25, 0.3) is 21.3 Å². The second-order valence-corrected chi connectivity index (χ2v) is 8.61. The second kappa shape index (κ2) is 7.66. The summed E-state index contributed by atoms with van der Waals surface area (Å²) in [5, 5.41) is 0.921. The molecule has 2 aromatic carbocycles. The van der Waals surface area contributed by atoms with Gasteiger partial charge in [-0.05, 0) is 55.3 Å². The van der Waals surface area contributed by atoms with Gasteiger partial charge in [-0.2, -0.15) is 0 Å². The number of Topliss-reactive ketones (excluding diaryl/α,β-unsaturated/α-hetero) is 1. The number of carbonyl (C=O) groups excluding carboxylic acids is 1. The smallest absolute Gasteiger partial charge is 0.298 e. The van der Waals surface area contributed by atoms with Gasteiger partial charge in [0.2, 0.25) is 0 Å². The molecule has 0 atom stereocenters. The van der Waals surface area contributed by atoms with Gasteiger partial charge in [-0.25, -0.2) is 9.18 Å². The molecule has 1 N–H and O–H groups in total. The molecule has 0 fully saturated rings. The number of H-pyrrole nitrogens is 1. The van der Waals surface area contributed by atoms with Crippen molar-refractivity contribution >= 4 is 38.9 Å². The molecule has 0 aliphatic carbocycles. The van der Waals surface area contributed by atoms with E-state index in [9.17, 15) is 18.8 Å². The molecule has 0 amide bonds. The summed E-state index contributed by atoms with van der Waals surface area (Å²) in [6, 6.07) is 11.0. The van der Waals surface area contributed by atoms with E-state index >= 15 is 0 Å². The zero-order valence-corrected chi connectivity index (χ0v) is 17.7. The van der Waals surface area contributed by atoms with Crippen molar-refractivity contribution < 1.29 is 9.18 Å². The van der Waals surface area contributed by atoms with Crippen molar-refractivity contribution in [2.75, 3.05) is 0 Å². The van der Waals surface area contributed by atoms with Gasteiger partial charge in [0.1, 0.15) is 10.6 Å². The van der Waals surface area contributed by atoms with E-state index in [1.807, 2.05) is 6.92 Å². The molecule has 0 unspecified atom stereocenters. The maximum absolute atomic E-state index is 13.5. The van der Waals surface area contributed by atoms with Gasteiger partial charge in [-0.3, -0.25) is 19.1 Å².